The number of carbonyl (C=O) groups excluding carboxylic acids is 1. The van der Waals surface area contributed by atoms with Crippen molar-refractivity contribution in [3.05, 3.63) is 47.2 Å². The molecule has 0 aliphatic heterocycles. The number of halogens is 1. The van der Waals surface area contributed by atoms with Crippen LogP contribution < -0.4 is 10.6 Å². The lowest BCUT2D eigenvalue weighted by atomic mass is 9.94. The molecule has 1 heterocycles. The van der Waals surface area contributed by atoms with E-state index >= 15 is 0 Å². The molecule has 2 N–H and O–H groups in total. The van der Waals surface area contributed by atoms with Crippen LogP contribution >= 0.6 is 11.3 Å². The Labute approximate surface area is 114 Å². The van der Waals surface area contributed by atoms with Crippen molar-refractivity contribution in [3.63, 3.8) is 0 Å². The summed E-state index contributed by atoms with van der Waals surface area (Å²) in [6.45, 7) is 3.49. The lowest BCUT2D eigenvalue weighted by molar-refractivity contribution is 0.241. The van der Waals surface area contributed by atoms with E-state index in [0.717, 1.165) is 0 Å². The largest absolute Gasteiger partial charge is 0.329 e. The van der Waals surface area contributed by atoms with Crippen molar-refractivity contribution in [2.75, 3.05) is 5.32 Å². The van der Waals surface area contributed by atoms with E-state index in [-0.39, 0.29) is 5.82 Å². The maximum atomic E-state index is 13.7. The van der Waals surface area contributed by atoms with Gasteiger partial charge >= 0.3 is 6.03 Å². The summed E-state index contributed by atoms with van der Waals surface area (Å²) in [5.74, 6) is -0.345. The molecule has 2 rings (SSSR count). The topological polar surface area (TPSA) is 54.0 Å². The Morgan fingerprint density at radius 1 is 1.37 bits per heavy atom. The summed E-state index contributed by atoms with van der Waals surface area (Å²) >= 11 is 1.32. The molecule has 1 aromatic carbocycles. The molecule has 0 bridgehead atoms. The van der Waals surface area contributed by atoms with Crippen LogP contribution in [0.25, 0.3) is 0 Å². The zero-order valence-corrected chi connectivity index (χ0v) is 11.4. The molecule has 0 saturated heterocycles. The molecule has 0 spiro atoms. The summed E-state index contributed by atoms with van der Waals surface area (Å²) in [5, 5.41) is 7.59. The predicted molar refractivity (Wildman–Crippen MR) is 73.7 cm³/mol. The number of hydrogen-bond donors (Lipinski definition) is 2. The molecule has 0 unspecified atom stereocenters. The van der Waals surface area contributed by atoms with Crippen LogP contribution in [-0.4, -0.2) is 11.0 Å². The van der Waals surface area contributed by atoms with Crippen molar-refractivity contribution in [1.82, 2.24) is 10.3 Å². The van der Waals surface area contributed by atoms with Crippen LogP contribution in [0.5, 0.6) is 0 Å². The monoisotopic (exact) mass is 279 g/mol. The van der Waals surface area contributed by atoms with Crippen molar-refractivity contribution in [1.29, 1.82) is 0 Å². The van der Waals surface area contributed by atoms with Gasteiger partial charge in [-0.2, -0.15) is 0 Å². The number of aromatic nitrogens is 1. The van der Waals surface area contributed by atoms with E-state index in [1.165, 1.54) is 17.4 Å². The fraction of sp³-hybridized carbons (Fsp3) is 0.231. The second-order valence-electron chi connectivity index (χ2n) is 4.52. The predicted octanol–water partition coefficient (Wildman–Crippen LogP) is 3.34. The molecular formula is C13H14FN3OS. The van der Waals surface area contributed by atoms with Gasteiger partial charge in [-0.1, -0.05) is 18.2 Å². The average molecular weight is 279 g/mol. The maximum absolute atomic E-state index is 13.7. The molecule has 0 atom stereocenters. The highest BCUT2D eigenvalue weighted by molar-refractivity contribution is 7.13. The Kier molecular flexibility index (Phi) is 3.80. The Balaban J connectivity index is 2.09. The van der Waals surface area contributed by atoms with Gasteiger partial charge in [-0.3, -0.25) is 5.32 Å². The molecule has 0 aliphatic rings. The molecule has 6 heteroatoms. The normalized spacial score (nSPS) is 11.1. The van der Waals surface area contributed by atoms with Gasteiger partial charge in [0.25, 0.3) is 0 Å². The van der Waals surface area contributed by atoms with Crippen molar-refractivity contribution in [2.24, 2.45) is 0 Å². The first-order chi connectivity index (χ1) is 8.99. The number of nitrogens with zero attached hydrogens (tertiary/aromatic N) is 1. The number of amides is 2. The number of carbonyl (C=O) groups is 1. The summed E-state index contributed by atoms with van der Waals surface area (Å²) in [4.78, 5) is 15.8. The standard InChI is InChI=1S/C13H14FN3OS/c1-13(2,9-5-3-4-6-10(9)14)17-11(18)16-12-15-7-8-19-12/h3-8H,1-2H3,(H2,15,16,17,18). The fourth-order valence-electron chi connectivity index (χ4n) is 1.73. The van der Waals surface area contributed by atoms with Crippen LogP contribution in [0.15, 0.2) is 35.8 Å². The number of anilines is 1. The average Bonchev–Trinajstić information content (AvgIpc) is 2.81. The highest BCUT2D eigenvalue weighted by Crippen LogP contribution is 2.23. The van der Waals surface area contributed by atoms with Gasteiger partial charge in [0.15, 0.2) is 5.13 Å². The van der Waals surface area contributed by atoms with Crippen LogP contribution in [0.4, 0.5) is 14.3 Å². The fourth-order valence-corrected chi connectivity index (χ4v) is 2.26. The van der Waals surface area contributed by atoms with Gasteiger partial charge in [0.1, 0.15) is 5.82 Å². The third-order valence-electron chi connectivity index (χ3n) is 2.63. The number of benzene rings is 1. The molecule has 0 radical (unpaired) electrons. The molecule has 0 fully saturated rings. The van der Waals surface area contributed by atoms with E-state index in [0.29, 0.717) is 10.7 Å². The molecule has 0 saturated carbocycles. The first-order valence-corrected chi connectivity index (χ1v) is 6.61. The molecule has 19 heavy (non-hydrogen) atoms. The highest BCUT2D eigenvalue weighted by Gasteiger charge is 2.25. The van der Waals surface area contributed by atoms with Crippen molar-refractivity contribution in [2.45, 2.75) is 19.4 Å². The van der Waals surface area contributed by atoms with Gasteiger partial charge in [0.05, 0.1) is 5.54 Å². The number of rotatable bonds is 3. The summed E-state index contributed by atoms with van der Waals surface area (Å²) in [6.07, 6.45) is 1.60. The van der Waals surface area contributed by atoms with Gasteiger partial charge < -0.3 is 5.32 Å². The lowest BCUT2D eigenvalue weighted by Gasteiger charge is -2.27. The maximum Gasteiger partial charge on any atom is 0.321 e. The number of nitrogens with one attached hydrogen (secondary N) is 2. The van der Waals surface area contributed by atoms with E-state index < -0.39 is 11.6 Å². The molecule has 1 aromatic heterocycles. The molecule has 4 nitrogen and oxygen atoms in total. The van der Waals surface area contributed by atoms with E-state index in [9.17, 15) is 9.18 Å². The van der Waals surface area contributed by atoms with E-state index in [4.69, 9.17) is 0 Å². The van der Waals surface area contributed by atoms with Crippen LogP contribution in [-0.2, 0) is 5.54 Å². The van der Waals surface area contributed by atoms with Crippen LogP contribution in [0.1, 0.15) is 19.4 Å². The summed E-state index contributed by atoms with van der Waals surface area (Å²) in [7, 11) is 0. The first kappa shape index (κ1) is 13.5. The van der Waals surface area contributed by atoms with Gasteiger partial charge in [0.2, 0.25) is 0 Å². The quantitative estimate of drug-likeness (QED) is 0.905. The molecule has 2 aromatic rings. The number of hydrogen-bond acceptors (Lipinski definition) is 3. The van der Waals surface area contributed by atoms with Gasteiger partial charge in [0, 0.05) is 17.1 Å². The van der Waals surface area contributed by atoms with Crippen molar-refractivity contribution < 1.29 is 9.18 Å². The number of urea groups is 1. The second kappa shape index (κ2) is 5.36. The third-order valence-corrected chi connectivity index (χ3v) is 3.31. The Bertz CT molecular complexity index is 569. The van der Waals surface area contributed by atoms with Crippen LogP contribution in [0.3, 0.4) is 0 Å². The zero-order chi connectivity index (χ0) is 13.9. The lowest BCUT2D eigenvalue weighted by Crippen LogP contribution is -2.43. The zero-order valence-electron chi connectivity index (χ0n) is 10.6. The van der Waals surface area contributed by atoms with Gasteiger partial charge in [-0.25, -0.2) is 14.2 Å². The van der Waals surface area contributed by atoms with E-state index in [2.05, 4.69) is 15.6 Å². The van der Waals surface area contributed by atoms with Crippen LogP contribution in [0, 0.1) is 5.82 Å². The van der Waals surface area contributed by atoms with Gasteiger partial charge in [-0.15, -0.1) is 11.3 Å². The minimum absolute atomic E-state index is 0.345. The Morgan fingerprint density at radius 2 is 2.11 bits per heavy atom. The van der Waals surface area contributed by atoms with Gasteiger partial charge in [-0.05, 0) is 19.9 Å². The Hall–Kier alpha value is -1.95. The highest BCUT2D eigenvalue weighted by atomic mass is 32.1. The SMILES string of the molecule is CC(C)(NC(=O)Nc1nccs1)c1ccccc1F. The Morgan fingerprint density at radius 3 is 2.74 bits per heavy atom. The third kappa shape index (κ3) is 3.29. The summed E-state index contributed by atoms with van der Waals surface area (Å²) < 4.78 is 13.7. The smallest absolute Gasteiger partial charge is 0.321 e. The minimum Gasteiger partial charge on any atom is -0.329 e. The number of thiazole rings is 1. The summed E-state index contributed by atoms with van der Waals surface area (Å²) in [5.41, 5.74) is -0.378. The van der Waals surface area contributed by atoms with E-state index in [1.54, 1.807) is 43.6 Å². The first-order valence-electron chi connectivity index (χ1n) is 5.73. The van der Waals surface area contributed by atoms with Crippen molar-refractivity contribution in [3.8, 4) is 0 Å². The second-order valence-corrected chi connectivity index (χ2v) is 5.42. The molecule has 0 aliphatic carbocycles. The molecule has 2 amide bonds. The van der Waals surface area contributed by atoms with Crippen molar-refractivity contribution >= 4 is 22.5 Å². The van der Waals surface area contributed by atoms with E-state index in [1.807, 2.05) is 0 Å². The summed E-state index contributed by atoms with van der Waals surface area (Å²) in [6, 6.07) is 5.96. The van der Waals surface area contributed by atoms with Crippen LogP contribution in [0.2, 0.25) is 0 Å². The molecular weight excluding hydrogens is 265 g/mol. The minimum atomic E-state index is -0.813. The molecule has 100 valence electrons.